The van der Waals surface area contributed by atoms with Crippen LogP contribution in [0.5, 0.6) is 0 Å². The molecule has 0 unspecified atom stereocenters. The molecule has 0 aliphatic rings. The number of nitrogens with zero attached hydrogens (tertiary/aromatic N) is 1. The van der Waals surface area contributed by atoms with Gasteiger partial charge in [0, 0.05) is 11.3 Å². The zero-order valence-corrected chi connectivity index (χ0v) is 14.2. The number of hydrazone groups is 1. The van der Waals surface area contributed by atoms with Crippen LogP contribution in [0, 0.1) is 11.8 Å². The molecule has 0 aliphatic heterocycles. The van der Waals surface area contributed by atoms with Crippen LogP contribution in [0.15, 0.2) is 59.7 Å². The highest BCUT2D eigenvalue weighted by atomic mass is 16.2. The van der Waals surface area contributed by atoms with Gasteiger partial charge in [0.15, 0.2) is 0 Å². The van der Waals surface area contributed by atoms with Crippen LogP contribution in [-0.2, 0) is 0 Å². The summed E-state index contributed by atoms with van der Waals surface area (Å²) in [4.78, 5) is 12.2. The first-order chi connectivity index (χ1) is 11.0. The van der Waals surface area contributed by atoms with Gasteiger partial charge in [0.1, 0.15) is 0 Å². The lowest BCUT2D eigenvalue weighted by Crippen LogP contribution is -2.24. The summed E-state index contributed by atoms with van der Waals surface area (Å²) in [6.07, 6.45) is 0. The molecule has 0 saturated carbocycles. The summed E-state index contributed by atoms with van der Waals surface area (Å²) in [7, 11) is 0. The van der Waals surface area contributed by atoms with Crippen molar-refractivity contribution in [1.82, 2.24) is 5.43 Å². The van der Waals surface area contributed by atoms with Gasteiger partial charge in [-0.15, -0.1) is 0 Å². The second-order valence-electron chi connectivity index (χ2n) is 6.23. The average Bonchev–Trinajstić information content (AvgIpc) is 2.55. The van der Waals surface area contributed by atoms with Gasteiger partial charge in [0.05, 0.1) is 0 Å². The third-order valence-electron chi connectivity index (χ3n) is 3.72. The maximum Gasteiger partial charge on any atom is 0.271 e. The van der Waals surface area contributed by atoms with Gasteiger partial charge in [-0.2, -0.15) is 5.10 Å². The number of carbonyl (C=O) groups excluding carboxylic acids is 1. The molecule has 0 aliphatic carbocycles. The Kier molecular flexibility index (Phi) is 5.69. The summed E-state index contributed by atoms with van der Waals surface area (Å²) in [6, 6.07) is 17.7. The molecule has 3 nitrogen and oxygen atoms in total. The number of hydrogen-bond acceptors (Lipinski definition) is 2. The van der Waals surface area contributed by atoms with E-state index in [1.807, 2.05) is 42.5 Å². The second kappa shape index (κ2) is 7.73. The standard InChI is InChI=1S/C20H24N2O/c1-14(2)19(15(3)4)21-22-20(23)18-12-10-17(11-13-18)16-8-6-5-7-9-16/h5-15H,1-4H3,(H,22,23). The predicted octanol–water partition coefficient (Wildman–Crippen LogP) is 4.75. The minimum atomic E-state index is -0.177. The first kappa shape index (κ1) is 16.9. The molecule has 0 bridgehead atoms. The Hall–Kier alpha value is -2.42. The van der Waals surface area contributed by atoms with Crippen LogP contribution in [-0.4, -0.2) is 11.6 Å². The molecule has 120 valence electrons. The minimum absolute atomic E-state index is 0.177. The molecular weight excluding hydrogens is 284 g/mol. The molecule has 23 heavy (non-hydrogen) atoms. The maximum absolute atomic E-state index is 12.2. The Morgan fingerprint density at radius 1 is 0.826 bits per heavy atom. The average molecular weight is 308 g/mol. The summed E-state index contributed by atoms with van der Waals surface area (Å²) in [5, 5.41) is 4.30. The fourth-order valence-electron chi connectivity index (χ4n) is 2.55. The number of benzene rings is 2. The van der Waals surface area contributed by atoms with Crippen molar-refractivity contribution < 1.29 is 4.79 Å². The molecule has 2 aromatic carbocycles. The molecule has 1 N–H and O–H groups in total. The van der Waals surface area contributed by atoms with Gasteiger partial charge < -0.3 is 0 Å². The van der Waals surface area contributed by atoms with Gasteiger partial charge in [-0.3, -0.25) is 4.79 Å². The Morgan fingerprint density at radius 2 is 1.35 bits per heavy atom. The van der Waals surface area contributed by atoms with E-state index in [2.05, 4.69) is 50.4 Å². The van der Waals surface area contributed by atoms with Crippen LogP contribution in [0.1, 0.15) is 38.1 Å². The summed E-state index contributed by atoms with van der Waals surface area (Å²) >= 11 is 0. The van der Waals surface area contributed by atoms with Crippen molar-refractivity contribution in [3.05, 3.63) is 60.2 Å². The summed E-state index contributed by atoms with van der Waals surface area (Å²) < 4.78 is 0. The number of carbonyl (C=O) groups is 1. The van der Waals surface area contributed by atoms with Crippen molar-refractivity contribution in [3.63, 3.8) is 0 Å². The van der Waals surface area contributed by atoms with E-state index in [0.29, 0.717) is 17.4 Å². The fourth-order valence-corrected chi connectivity index (χ4v) is 2.55. The van der Waals surface area contributed by atoms with E-state index in [1.165, 1.54) is 0 Å². The van der Waals surface area contributed by atoms with Crippen molar-refractivity contribution >= 4 is 11.6 Å². The van der Waals surface area contributed by atoms with E-state index in [1.54, 1.807) is 0 Å². The van der Waals surface area contributed by atoms with Crippen LogP contribution in [0.3, 0.4) is 0 Å². The lowest BCUT2D eigenvalue weighted by atomic mass is 9.98. The monoisotopic (exact) mass is 308 g/mol. The minimum Gasteiger partial charge on any atom is -0.267 e. The van der Waals surface area contributed by atoms with E-state index < -0.39 is 0 Å². The quantitative estimate of drug-likeness (QED) is 0.628. The van der Waals surface area contributed by atoms with Crippen molar-refractivity contribution in [1.29, 1.82) is 0 Å². The van der Waals surface area contributed by atoms with E-state index in [0.717, 1.165) is 16.8 Å². The van der Waals surface area contributed by atoms with Gasteiger partial charge in [0.2, 0.25) is 0 Å². The lowest BCUT2D eigenvalue weighted by molar-refractivity contribution is 0.0954. The van der Waals surface area contributed by atoms with Gasteiger partial charge in [-0.05, 0) is 35.1 Å². The van der Waals surface area contributed by atoms with E-state index in [-0.39, 0.29) is 5.91 Å². The molecular formula is C20H24N2O. The summed E-state index contributed by atoms with van der Waals surface area (Å²) in [5.41, 5.74) is 6.51. The molecule has 0 atom stereocenters. The third-order valence-corrected chi connectivity index (χ3v) is 3.72. The first-order valence-electron chi connectivity index (χ1n) is 8.02. The van der Waals surface area contributed by atoms with E-state index in [9.17, 15) is 4.79 Å². The van der Waals surface area contributed by atoms with Gasteiger partial charge in [-0.1, -0.05) is 70.2 Å². The highest BCUT2D eigenvalue weighted by Crippen LogP contribution is 2.19. The number of nitrogens with one attached hydrogen (secondary N) is 1. The maximum atomic E-state index is 12.2. The zero-order valence-electron chi connectivity index (χ0n) is 14.2. The summed E-state index contributed by atoms with van der Waals surface area (Å²) in [6.45, 7) is 8.33. The Balaban J connectivity index is 2.10. The lowest BCUT2D eigenvalue weighted by Gasteiger charge is -2.13. The molecule has 0 aromatic heterocycles. The smallest absolute Gasteiger partial charge is 0.267 e. The number of amides is 1. The zero-order chi connectivity index (χ0) is 16.8. The topological polar surface area (TPSA) is 41.5 Å². The van der Waals surface area contributed by atoms with Crippen LogP contribution < -0.4 is 5.43 Å². The van der Waals surface area contributed by atoms with Crippen molar-refractivity contribution in [2.24, 2.45) is 16.9 Å². The second-order valence-corrected chi connectivity index (χ2v) is 6.23. The molecule has 2 aromatic rings. The van der Waals surface area contributed by atoms with Gasteiger partial charge in [0.25, 0.3) is 5.91 Å². The van der Waals surface area contributed by atoms with Gasteiger partial charge >= 0.3 is 0 Å². The molecule has 0 saturated heterocycles. The number of hydrogen-bond donors (Lipinski definition) is 1. The molecule has 0 heterocycles. The highest BCUT2D eigenvalue weighted by Gasteiger charge is 2.11. The third kappa shape index (κ3) is 4.52. The highest BCUT2D eigenvalue weighted by molar-refractivity contribution is 5.96. The summed E-state index contributed by atoms with van der Waals surface area (Å²) in [5.74, 6) is 0.454. The SMILES string of the molecule is CC(C)C(=NNC(=O)c1ccc(-c2ccccc2)cc1)C(C)C. The van der Waals surface area contributed by atoms with Crippen LogP contribution >= 0.6 is 0 Å². The first-order valence-corrected chi connectivity index (χ1v) is 8.02. The molecule has 3 heteroatoms. The van der Waals surface area contributed by atoms with E-state index in [4.69, 9.17) is 0 Å². The van der Waals surface area contributed by atoms with Crippen molar-refractivity contribution in [2.45, 2.75) is 27.7 Å². The van der Waals surface area contributed by atoms with Crippen LogP contribution in [0.25, 0.3) is 11.1 Å². The Labute approximate surface area is 138 Å². The predicted molar refractivity (Wildman–Crippen MR) is 96.5 cm³/mol. The molecule has 1 amide bonds. The largest absolute Gasteiger partial charge is 0.271 e. The molecule has 0 spiro atoms. The molecule has 0 fully saturated rings. The Bertz CT molecular complexity index is 661. The van der Waals surface area contributed by atoms with E-state index >= 15 is 0 Å². The van der Waals surface area contributed by atoms with Crippen molar-refractivity contribution in [2.75, 3.05) is 0 Å². The fraction of sp³-hybridized carbons (Fsp3) is 0.300. The van der Waals surface area contributed by atoms with Gasteiger partial charge in [-0.25, -0.2) is 5.43 Å². The van der Waals surface area contributed by atoms with Crippen LogP contribution in [0.2, 0.25) is 0 Å². The molecule has 2 rings (SSSR count). The van der Waals surface area contributed by atoms with Crippen molar-refractivity contribution in [3.8, 4) is 11.1 Å². The Morgan fingerprint density at radius 3 is 1.87 bits per heavy atom. The molecule has 0 radical (unpaired) electrons. The number of rotatable bonds is 5. The van der Waals surface area contributed by atoms with Crippen LogP contribution in [0.4, 0.5) is 0 Å². The normalized spacial score (nSPS) is 10.7.